The molecule has 5 heterocycles. The van der Waals surface area contributed by atoms with E-state index in [1.54, 1.807) is 16.0 Å². The molecule has 1 spiro atoms. The lowest BCUT2D eigenvalue weighted by Crippen LogP contribution is -2.52. The standard InChI is InChI=1S/C43H54N8O8/c1-23(2)35(48-41(54)55)39(52)50-18-8-9-33(50)37-44-20-31(46-37)29-14-10-27(11-15-29)28-12-16-30(17-13-28)32-21-45-38(47-32)34-19-43(58-25(5)26(6)59-43)22-51(34)40(53)36(24(3)4)49-42(56)57-7/h10-17,20-21,23-26,33-36,48H,8-9,18-19,22H2,1-7H3,(H,44,46)(H,45,47)(H,49,56)(H,54,55)/t25-,26-,33+,34+,35+,36+/m1/s1. The second kappa shape index (κ2) is 16.9. The Kier molecular flexibility index (Phi) is 11.8. The van der Waals surface area contributed by atoms with Crippen molar-refractivity contribution in [3.05, 3.63) is 72.6 Å². The number of benzene rings is 2. The maximum atomic E-state index is 14.1. The average Bonchev–Trinajstić information content (AvgIpc) is 4.06. The summed E-state index contributed by atoms with van der Waals surface area (Å²) in [6, 6.07) is 13.8. The van der Waals surface area contributed by atoms with Crippen LogP contribution in [0.4, 0.5) is 9.59 Å². The minimum atomic E-state index is -1.22. The second-order valence-electron chi connectivity index (χ2n) is 16.5. The van der Waals surface area contributed by atoms with Gasteiger partial charge in [0.15, 0.2) is 5.79 Å². The highest BCUT2D eigenvalue weighted by atomic mass is 16.8. The van der Waals surface area contributed by atoms with Crippen LogP contribution in [-0.2, 0) is 23.8 Å². The Hall–Kier alpha value is -5.74. The molecular weight excluding hydrogens is 757 g/mol. The third kappa shape index (κ3) is 8.55. The summed E-state index contributed by atoms with van der Waals surface area (Å²) >= 11 is 0. The summed E-state index contributed by atoms with van der Waals surface area (Å²) in [7, 11) is 1.27. The molecule has 4 amide bonds. The molecule has 3 aliphatic rings. The molecule has 16 heteroatoms. The van der Waals surface area contributed by atoms with Crippen molar-refractivity contribution in [2.45, 2.75) is 103 Å². The van der Waals surface area contributed by atoms with Crippen molar-refractivity contribution in [1.82, 2.24) is 40.4 Å². The lowest BCUT2D eigenvalue weighted by atomic mass is 10.0. The fraction of sp³-hybridized carbons (Fsp3) is 0.488. The van der Waals surface area contributed by atoms with Gasteiger partial charge in [0, 0.05) is 24.7 Å². The van der Waals surface area contributed by atoms with Gasteiger partial charge in [0.05, 0.1) is 55.5 Å². The van der Waals surface area contributed by atoms with E-state index in [4.69, 9.17) is 24.2 Å². The van der Waals surface area contributed by atoms with Crippen molar-refractivity contribution in [2.75, 3.05) is 20.2 Å². The average molecular weight is 811 g/mol. The molecule has 6 atom stereocenters. The molecule has 7 rings (SSSR count). The molecule has 5 N–H and O–H groups in total. The number of aromatic amines is 2. The lowest BCUT2D eigenvalue weighted by Gasteiger charge is -2.30. The van der Waals surface area contributed by atoms with Crippen LogP contribution in [0, 0.1) is 11.8 Å². The van der Waals surface area contributed by atoms with Crippen molar-refractivity contribution >= 4 is 24.0 Å². The summed E-state index contributed by atoms with van der Waals surface area (Å²) < 4.78 is 17.5. The maximum Gasteiger partial charge on any atom is 0.407 e. The molecule has 0 saturated carbocycles. The van der Waals surface area contributed by atoms with Gasteiger partial charge in [-0.15, -0.1) is 0 Å². The van der Waals surface area contributed by atoms with Crippen molar-refractivity contribution in [1.29, 1.82) is 0 Å². The number of imidazole rings is 2. The molecule has 4 aromatic rings. The third-order valence-electron chi connectivity index (χ3n) is 11.7. The largest absolute Gasteiger partial charge is 0.465 e. The number of alkyl carbamates (subject to hydrolysis) is 1. The topological polar surface area (TPSA) is 204 Å². The number of amides is 4. The number of aromatic nitrogens is 4. The number of carboxylic acid groups (broad SMARTS) is 1. The number of methoxy groups -OCH3 is 1. The van der Waals surface area contributed by atoms with Crippen LogP contribution in [0.15, 0.2) is 60.9 Å². The minimum Gasteiger partial charge on any atom is -0.465 e. The number of rotatable bonds is 11. The molecule has 0 unspecified atom stereocenters. The van der Waals surface area contributed by atoms with E-state index in [0.29, 0.717) is 24.6 Å². The van der Waals surface area contributed by atoms with Gasteiger partial charge in [-0.3, -0.25) is 9.59 Å². The summed E-state index contributed by atoms with van der Waals surface area (Å²) in [5.74, 6) is -0.635. The molecule has 16 nitrogen and oxygen atoms in total. The minimum absolute atomic E-state index is 0.152. The molecule has 2 aromatic carbocycles. The van der Waals surface area contributed by atoms with E-state index >= 15 is 0 Å². The highest BCUT2D eigenvalue weighted by Crippen LogP contribution is 2.45. The van der Waals surface area contributed by atoms with Crippen LogP contribution in [0.5, 0.6) is 0 Å². The molecule has 3 fully saturated rings. The fourth-order valence-corrected chi connectivity index (χ4v) is 8.38. The number of likely N-dealkylation sites (tertiary alicyclic amines) is 2. The molecular formula is C43H54N8O8. The third-order valence-corrected chi connectivity index (χ3v) is 11.7. The SMILES string of the molecule is COC(=O)N[C@H](C(=O)N1CC2(C[C@H]1c1ncc(-c3ccc(-c4ccc(-c5c[nH]c([C@@H]6CCCN6C(=O)[C@@H](NC(=O)O)C(C)C)n5)cc4)cc3)[nH]1)O[C@H](C)[C@@H](C)O2)C(C)C. The molecule has 0 bridgehead atoms. The van der Waals surface area contributed by atoms with E-state index in [0.717, 1.165) is 46.5 Å². The Balaban J connectivity index is 1.05. The summed E-state index contributed by atoms with van der Waals surface area (Å²) in [5.41, 5.74) is 5.41. The van der Waals surface area contributed by atoms with Gasteiger partial charge in [0.2, 0.25) is 11.8 Å². The molecule has 3 aliphatic heterocycles. The number of nitrogens with one attached hydrogen (secondary N) is 4. The zero-order chi connectivity index (χ0) is 42.2. The van der Waals surface area contributed by atoms with Crippen LogP contribution in [0.1, 0.15) is 84.5 Å². The molecule has 314 valence electrons. The Morgan fingerprint density at radius 1 is 0.831 bits per heavy atom. The predicted molar refractivity (Wildman–Crippen MR) is 218 cm³/mol. The molecule has 0 radical (unpaired) electrons. The number of hydrogen-bond acceptors (Lipinski definition) is 9. The van der Waals surface area contributed by atoms with E-state index in [1.807, 2.05) is 96.3 Å². The Labute approximate surface area is 343 Å². The van der Waals surface area contributed by atoms with Crippen LogP contribution in [-0.4, -0.2) is 109 Å². The summed E-state index contributed by atoms with van der Waals surface area (Å²) in [6.45, 7) is 12.0. The fourth-order valence-electron chi connectivity index (χ4n) is 8.38. The first kappa shape index (κ1) is 41.4. The van der Waals surface area contributed by atoms with E-state index in [1.165, 1.54) is 7.11 Å². The van der Waals surface area contributed by atoms with Gasteiger partial charge in [0.25, 0.3) is 0 Å². The molecule has 3 saturated heterocycles. The van der Waals surface area contributed by atoms with Gasteiger partial charge in [0.1, 0.15) is 23.7 Å². The Morgan fingerprint density at radius 3 is 2.00 bits per heavy atom. The maximum absolute atomic E-state index is 14.1. The van der Waals surface area contributed by atoms with Crippen molar-refractivity contribution in [3.8, 4) is 33.6 Å². The highest BCUT2D eigenvalue weighted by molar-refractivity contribution is 5.87. The van der Waals surface area contributed by atoms with Gasteiger partial charge in [-0.25, -0.2) is 19.6 Å². The number of hydrogen-bond donors (Lipinski definition) is 5. The van der Waals surface area contributed by atoms with E-state index < -0.39 is 36.1 Å². The zero-order valence-corrected chi connectivity index (χ0v) is 34.5. The first-order valence-corrected chi connectivity index (χ1v) is 20.3. The van der Waals surface area contributed by atoms with Gasteiger partial charge in [-0.2, -0.15) is 0 Å². The van der Waals surface area contributed by atoms with Crippen molar-refractivity contribution in [3.63, 3.8) is 0 Å². The smallest absolute Gasteiger partial charge is 0.407 e. The van der Waals surface area contributed by atoms with E-state index in [-0.39, 0.29) is 48.4 Å². The Bertz CT molecular complexity index is 2140. The molecule has 59 heavy (non-hydrogen) atoms. The van der Waals surface area contributed by atoms with Crippen LogP contribution in [0.3, 0.4) is 0 Å². The van der Waals surface area contributed by atoms with E-state index in [9.17, 15) is 24.3 Å². The highest BCUT2D eigenvalue weighted by Gasteiger charge is 2.55. The van der Waals surface area contributed by atoms with Crippen molar-refractivity contribution in [2.24, 2.45) is 11.8 Å². The number of nitrogens with zero attached hydrogens (tertiary/aromatic N) is 4. The first-order chi connectivity index (χ1) is 28.2. The van der Waals surface area contributed by atoms with Gasteiger partial charge >= 0.3 is 12.2 Å². The number of carbonyl (C=O) groups is 4. The first-order valence-electron chi connectivity index (χ1n) is 20.3. The second-order valence-corrected chi connectivity index (χ2v) is 16.5. The van der Waals surface area contributed by atoms with E-state index in [2.05, 4.69) is 20.6 Å². The molecule has 0 aliphatic carbocycles. The quantitative estimate of drug-likeness (QED) is 0.115. The zero-order valence-electron chi connectivity index (χ0n) is 34.5. The van der Waals surface area contributed by atoms with Gasteiger partial charge in [-0.1, -0.05) is 76.2 Å². The van der Waals surface area contributed by atoms with Crippen LogP contribution in [0.2, 0.25) is 0 Å². The van der Waals surface area contributed by atoms with Gasteiger partial charge in [-0.05, 0) is 55.2 Å². The normalized spacial score (nSPS) is 22.3. The number of ether oxygens (including phenoxy) is 3. The summed E-state index contributed by atoms with van der Waals surface area (Å²) in [5, 5.41) is 14.4. The van der Waals surface area contributed by atoms with Crippen LogP contribution >= 0.6 is 0 Å². The van der Waals surface area contributed by atoms with Crippen molar-refractivity contribution < 1.29 is 38.5 Å². The molecule has 2 aromatic heterocycles. The monoisotopic (exact) mass is 810 g/mol. The summed E-state index contributed by atoms with van der Waals surface area (Å²) in [6.07, 6.45) is 3.32. The van der Waals surface area contributed by atoms with Gasteiger partial charge < -0.3 is 49.7 Å². The van der Waals surface area contributed by atoms with Crippen LogP contribution in [0.25, 0.3) is 33.6 Å². The predicted octanol–water partition coefficient (Wildman–Crippen LogP) is 6.26. The lowest BCUT2D eigenvalue weighted by molar-refractivity contribution is -0.166. The number of H-pyrrole nitrogens is 2. The number of carbonyl (C=O) groups excluding carboxylic acids is 3. The Morgan fingerprint density at radius 2 is 1.41 bits per heavy atom. The summed E-state index contributed by atoms with van der Waals surface area (Å²) in [4.78, 5) is 70.8. The van der Waals surface area contributed by atoms with Crippen LogP contribution < -0.4 is 10.6 Å².